The normalized spacial score (nSPS) is 10.7. The van der Waals surface area contributed by atoms with E-state index in [1.165, 1.54) is 0 Å². The van der Waals surface area contributed by atoms with Gasteiger partial charge in [0.05, 0.1) is 0 Å². The van der Waals surface area contributed by atoms with Crippen LogP contribution < -0.4 is 41.9 Å². The molecule has 4 aromatic rings. The molecule has 0 radical (unpaired) electrons. The van der Waals surface area contributed by atoms with Crippen LogP contribution in [0, 0.1) is 0 Å². The van der Waals surface area contributed by atoms with Gasteiger partial charge in [0.1, 0.15) is 49.4 Å². The lowest BCUT2D eigenvalue weighted by molar-refractivity contribution is 0.328. The predicted molar refractivity (Wildman–Crippen MR) is 169 cm³/mol. The Balaban J connectivity index is 1.90. The molecule has 0 unspecified atom stereocenters. The highest BCUT2D eigenvalue weighted by Gasteiger charge is 2.17. The van der Waals surface area contributed by atoms with Crippen LogP contribution in [-0.2, 0) is 0 Å². The van der Waals surface area contributed by atoms with E-state index in [4.69, 9.17) is 41.9 Å². The molecule has 0 aromatic heterocycles. The third kappa shape index (κ3) is 8.34. The Labute approximate surface area is 247 Å². The third-order valence-corrected chi connectivity index (χ3v) is 6.37. The van der Waals surface area contributed by atoms with Crippen molar-refractivity contribution < 1.29 is 18.9 Å². The first-order valence-electron chi connectivity index (χ1n) is 14.1. The molecule has 0 aliphatic rings. The second-order valence-corrected chi connectivity index (χ2v) is 9.40. The highest BCUT2D eigenvalue weighted by Crippen LogP contribution is 2.39. The Hall–Kier alpha value is -4.34. The Kier molecular flexibility index (Phi) is 11.8. The van der Waals surface area contributed by atoms with Crippen LogP contribution in [0.15, 0.2) is 97.1 Å². The van der Waals surface area contributed by atoms with Gasteiger partial charge in [0.15, 0.2) is 0 Å². The number of ether oxygens (including phenoxy) is 4. The zero-order chi connectivity index (χ0) is 29.6. The van der Waals surface area contributed by atoms with Crippen LogP contribution in [0.4, 0.5) is 0 Å². The van der Waals surface area contributed by atoms with Crippen molar-refractivity contribution >= 4 is 11.1 Å². The zero-order valence-electron chi connectivity index (χ0n) is 23.8. The summed E-state index contributed by atoms with van der Waals surface area (Å²) in [6.07, 6.45) is 0. The number of benzene rings is 4. The molecule has 0 aliphatic carbocycles. The summed E-state index contributed by atoms with van der Waals surface area (Å²) in [6, 6.07) is 32.3. The molecule has 4 aromatic carbocycles. The van der Waals surface area contributed by atoms with Gasteiger partial charge in [-0.2, -0.15) is 0 Å². The summed E-state index contributed by atoms with van der Waals surface area (Å²) in [4.78, 5) is 0. The minimum Gasteiger partial charge on any atom is -0.492 e. The van der Waals surface area contributed by atoms with Gasteiger partial charge in [-0.3, -0.25) is 0 Å². The van der Waals surface area contributed by atoms with Crippen LogP contribution >= 0.6 is 0 Å². The maximum Gasteiger partial charge on any atom is 0.119 e. The molecule has 0 fully saturated rings. The van der Waals surface area contributed by atoms with Crippen LogP contribution in [0.25, 0.3) is 11.1 Å². The first-order valence-corrected chi connectivity index (χ1v) is 14.1. The lowest BCUT2D eigenvalue weighted by Crippen LogP contribution is -2.10. The van der Waals surface area contributed by atoms with E-state index in [-0.39, 0.29) is 0 Å². The van der Waals surface area contributed by atoms with Crippen LogP contribution in [0.5, 0.6) is 23.0 Å². The number of hydrogen-bond donors (Lipinski definition) is 4. The van der Waals surface area contributed by atoms with Gasteiger partial charge >= 0.3 is 0 Å². The summed E-state index contributed by atoms with van der Waals surface area (Å²) >= 11 is 0. The van der Waals surface area contributed by atoms with Crippen molar-refractivity contribution in [2.45, 2.75) is 0 Å². The molecule has 8 heteroatoms. The summed E-state index contributed by atoms with van der Waals surface area (Å²) in [5.74, 6) is 3.05. The van der Waals surface area contributed by atoms with Gasteiger partial charge in [-0.25, -0.2) is 0 Å². The van der Waals surface area contributed by atoms with E-state index in [9.17, 15) is 0 Å². The first-order chi connectivity index (χ1) is 20.7. The van der Waals surface area contributed by atoms with Crippen LogP contribution in [0.2, 0.25) is 0 Å². The van der Waals surface area contributed by atoms with E-state index >= 15 is 0 Å². The predicted octanol–water partition coefficient (Wildman–Crippen LogP) is 4.04. The summed E-state index contributed by atoms with van der Waals surface area (Å²) < 4.78 is 23.0. The van der Waals surface area contributed by atoms with Crippen molar-refractivity contribution in [3.63, 3.8) is 0 Å². The molecule has 0 heterocycles. The van der Waals surface area contributed by atoms with E-state index in [1.54, 1.807) is 0 Å². The maximum atomic E-state index is 5.76. The summed E-state index contributed by atoms with van der Waals surface area (Å²) in [5, 5.41) is 0. The van der Waals surface area contributed by atoms with E-state index in [1.807, 2.05) is 48.5 Å². The highest BCUT2D eigenvalue weighted by molar-refractivity contribution is 6.04. The molecule has 0 atom stereocenters. The summed E-state index contributed by atoms with van der Waals surface area (Å²) in [7, 11) is 0. The Morgan fingerprint density at radius 1 is 0.333 bits per heavy atom. The molecule has 8 N–H and O–H groups in total. The third-order valence-electron chi connectivity index (χ3n) is 6.37. The first kappa shape index (κ1) is 30.6. The molecule has 42 heavy (non-hydrogen) atoms. The van der Waals surface area contributed by atoms with Crippen molar-refractivity contribution in [3.05, 3.63) is 119 Å². The molecule has 0 aliphatic heterocycles. The Morgan fingerprint density at radius 3 is 0.690 bits per heavy atom. The topological polar surface area (TPSA) is 141 Å². The lowest BCUT2D eigenvalue weighted by atomic mass is 9.85. The van der Waals surface area contributed by atoms with Crippen molar-refractivity contribution in [1.82, 2.24) is 0 Å². The van der Waals surface area contributed by atoms with Crippen molar-refractivity contribution in [3.8, 4) is 23.0 Å². The molecule has 0 amide bonds. The Bertz CT molecular complexity index is 1170. The van der Waals surface area contributed by atoms with Gasteiger partial charge in [0.2, 0.25) is 0 Å². The molecular weight excluding hydrogens is 528 g/mol. The summed E-state index contributed by atoms with van der Waals surface area (Å²) in [6.45, 7) is 3.61. The van der Waals surface area contributed by atoms with Crippen molar-refractivity contribution in [1.29, 1.82) is 0 Å². The minimum absolute atomic E-state index is 0.450. The number of nitrogens with two attached hydrogens (primary N) is 4. The number of rotatable bonds is 16. The minimum atomic E-state index is 0.450. The molecule has 8 nitrogen and oxygen atoms in total. The second-order valence-electron chi connectivity index (χ2n) is 9.40. The van der Waals surface area contributed by atoms with E-state index in [0.717, 1.165) is 56.4 Å². The van der Waals surface area contributed by atoms with Crippen molar-refractivity contribution in [2.24, 2.45) is 22.9 Å². The fourth-order valence-electron chi connectivity index (χ4n) is 4.49. The van der Waals surface area contributed by atoms with E-state index < -0.39 is 0 Å². The van der Waals surface area contributed by atoms with Crippen molar-refractivity contribution in [2.75, 3.05) is 52.6 Å². The Morgan fingerprint density at radius 2 is 0.524 bits per heavy atom. The molecule has 0 saturated heterocycles. The van der Waals surface area contributed by atoms with E-state index in [0.29, 0.717) is 52.6 Å². The standard InChI is InChI=1S/C34H40N4O4/c35-17-21-39-29-9-1-25(2-10-29)33(26-3-11-30(12-4-26)40-22-18-36)34(27-5-13-31(14-6-27)41-23-19-37)28-7-15-32(16-8-28)42-24-20-38/h1-16H,17-24,35-38H2. The largest absolute Gasteiger partial charge is 0.492 e. The quantitative estimate of drug-likeness (QED) is 0.148. The molecule has 0 saturated carbocycles. The summed E-state index contributed by atoms with van der Waals surface area (Å²) in [5.41, 5.74) is 28.7. The molecule has 0 spiro atoms. The fraction of sp³-hybridized carbons (Fsp3) is 0.235. The van der Waals surface area contributed by atoms with Gasteiger partial charge < -0.3 is 41.9 Å². The number of hydrogen-bond acceptors (Lipinski definition) is 8. The smallest absolute Gasteiger partial charge is 0.119 e. The maximum absolute atomic E-state index is 5.76. The highest BCUT2D eigenvalue weighted by atomic mass is 16.5. The monoisotopic (exact) mass is 568 g/mol. The van der Waals surface area contributed by atoms with Crippen LogP contribution in [0.1, 0.15) is 22.3 Å². The lowest BCUT2D eigenvalue weighted by Gasteiger charge is -2.19. The average Bonchev–Trinajstić information content (AvgIpc) is 3.04. The fourth-order valence-corrected chi connectivity index (χ4v) is 4.49. The van der Waals surface area contributed by atoms with Gasteiger partial charge in [0.25, 0.3) is 0 Å². The van der Waals surface area contributed by atoms with Gasteiger partial charge in [-0.05, 0) is 81.9 Å². The second kappa shape index (κ2) is 16.2. The van der Waals surface area contributed by atoms with Gasteiger partial charge in [-0.15, -0.1) is 0 Å². The molecular formula is C34H40N4O4. The zero-order valence-corrected chi connectivity index (χ0v) is 23.8. The van der Waals surface area contributed by atoms with Gasteiger partial charge in [-0.1, -0.05) is 48.5 Å². The SMILES string of the molecule is NCCOc1ccc(C(=C(c2ccc(OCCN)cc2)c2ccc(OCCN)cc2)c2ccc(OCCN)cc2)cc1. The van der Waals surface area contributed by atoms with E-state index in [2.05, 4.69) is 48.5 Å². The average molecular weight is 569 g/mol. The molecule has 220 valence electrons. The van der Waals surface area contributed by atoms with Gasteiger partial charge in [0, 0.05) is 26.2 Å². The molecule has 4 rings (SSSR count). The van der Waals surface area contributed by atoms with Crippen LogP contribution in [-0.4, -0.2) is 52.6 Å². The molecule has 0 bridgehead atoms. The van der Waals surface area contributed by atoms with Crippen LogP contribution in [0.3, 0.4) is 0 Å².